The van der Waals surface area contributed by atoms with Crippen LogP contribution in [-0.2, 0) is 0 Å². The normalized spacial score (nSPS) is 17.1. The van der Waals surface area contributed by atoms with Gasteiger partial charge in [-0.3, -0.25) is 0 Å². The number of aromatic amines is 1. The molecule has 1 aliphatic heterocycles. The van der Waals surface area contributed by atoms with Crippen molar-refractivity contribution in [3.8, 4) is 0 Å². The number of imidazole rings is 1. The minimum absolute atomic E-state index is 0.284. The lowest BCUT2D eigenvalue weighted by atomic mass is 10.0. The largest absolute Gasteiger partial charge is 0.397 e. The third-order valence-electron chi connectivity index (χ3n) is 4.14. The van der Waals surface area contributed by atoms with Crippen LogP contribution in [0.2, 0.25) is 5.02 Å². The summed E-state index contributed by atoms with van der Waals surface area (Å²) < 4.78 is 0. The van der Waals surface area contributed by atoms with Crippen molar-refractivity contribution >= 4 is 34.3 Å². The van der Waals surface area contributed by atoms with Crippen molar-refractivity contribution in [3.05, 3.63) is 16.7 Å². The summed E-state index contributed by atoms with van der Waals surface area (Å²) in [6.07, 6.45) is 0. The number of H-pyrrole nitrogens is 1. The number of nitrogens with zero attached hydrogens (tertiary/aromatic N) is 3. The molecule has 1 fully saturated rings. The Kier molecular flexibility index (Phi) is 3.71. The number of benzene rings is 1. The summed E-state index contributed by atoms with van der Waals surface area (Å²) in [6.45, 7) is 8.30. The lowest BCUT2D eigenvalue weighted by molar-refractivity contribution is 0.311. The molecule has 0 saturated carbocycles. The molecule has 2 aromatic rings. The van der Waals surface area contributed by atoms with E-state index in [0.29, 0.717) is 10.7 Å². The van der Waals surface area contributed by atoms with Crippen LogP contribution in [0.3, 0.4) is 0 Å². The van der Waals surface area contributed by atoms with Gasteiger partial charge in [0, 0.05) is 31.7 Å². The Morgan fingerprint density at radius 1 is 1.29 bits per heavy atom. The van der Waals surface area contributed by atoms with Gasteiger partial charge in [-0.25, -0.2) is 4.98 Å². The van der Waals surface area contributed by atoms with Crippen LogP contribution in [0, 0.1) is 0 Å². The fourth-order valence-corrected chi connectivity index (χ4v) is 3.22. The van der Waals surface area contributed by atoms with Gasteiger partial charge in [-0.1, -0.05) is 25.4 Å². The van der Waals surface area contributed by atoms with Gasteiger partial charge in [0.15, 0.2) is 0 Å². The first-order chi connectivity index (χ1) is 9.97. The van der Waals surface area contributed by atoms with E-state index in [4.69, 9.17) is 22.3 Å². The van der Waals surface area contributed by atoms with Crippen molar-refractivity contribution in [2.24, 2.45) is 0 Å². The van der Waals surface area contributed by atoms with Crippen molar-refractivity contribution in [2.75, 3.05) is 43.9 Å². The minimum atomic E-state index is 0.284. The molecule has 0 spiro atoms. The number of anilines is 2. The molecule has 3 N–H and O–H groups in total. The fourth-order valence-electron chi connectivity index (χ4n) is 2.86. The summed E-state index contributed by atoms with van der Waals surface area (Å²) in [6, 6.07) is 1.89. The van der Waals surface area contributed by atoms with E-state index in [-0.39, 0.29) is 5.92 Å². The summed E-state index contributed by atoms with van der Waals surface area (Å²) >= 11 is 6.38. The Bertz CT molecular complexity index is 656. The number of fused-ring (bicyclic) bond motifs is 1. The molecular formula is C15H22ClN5. The molecule has 1 saturated heterocycles. The van der Waals surface area contributed by atoms with Crippen LogP contribution in [0.4, 0.5) is 11.6 Å². The Morgan fingerprint density at radius 2 is 1.95 bits per heavy atom. The molecule has 0 amide bonds. The van der Waals surface area contributed by atoms with Crippen molar-refractivity contribution in [2.45, 2.75) is 19.8 Å². The molecule has 0 radical (unpaired) electrons. The van der Waals surface area contributed by atoms with Crippen LogP contribution in [-0.4, -0.2) is 48.1 Å². The van der Waals surface area contributed by atoms with E-state index in [1.165, 1.54) is 0 Å². The quantitative estimate of drug-likeness (QED) is 0.837. The number of halogens is 1. The highest BCUT2D eigenvalue weighted by molar-refractivity contribution is 6.35. The van der Waals surface area contributed by atoms with Crippen LogP contribution in [0.15, 0.2) is 6.07 Å². The number of nitrogen functional groups attached to an aromatic ring is 1. The molecule has 0 aliphatic carbocycles. The molecule has 3 rings (SSSR count). The molecule has 1 aliphatic rings. The van der Waals surface area contributed by atoms with Gasteiger partial charge in [0.25, 0.3) is 0 Å². The van der Waals surface area contributed by atoms with Crippen molar-refractivity contribution < 1.29 is 0 Å². The SMILES string of the molecule is CC(C)c1c(Cl)c(N)cc2[nH]c(N3CCN(C)CC3)nc12. The van der Waals surface area contributed by atoms with E-state index in [1.807, 2.05) is 6.07 Å². The third-order valence-corrected chi connectivity index (χ3v) is 4.57. The number of rotatable bonds is 2. The molecule has 2 heterocycles. The summed E-state index contributed by atoms with van der Waals surface area (Å²) in [5.74, 6) is 1.20. The first-order valence-corrected chi connectivity index (χ1v) is 7.76. The minimum Gasteiger partial charge on any atom is -0.397 e. The van der Waals surface area contributed by atoms with E-state index < -0.39 is 0 Å². The van der Waals surface area contributed by atoms with Gasteiger partial charge in [-0.2, -0.15) is 0 Å². The number of likely N-dealkylation sites (N-methyl/N-ethyl adjacent to an activating group) is 1. The zero-order valence-electron chi connectivity index (χ0n) is 12.8. The molecule has 0 atom stereocenters. The molecule has 6 heteroatoms. The van der Waals surface area contributed by atoms with Crippen LogP contribution in [0.1, 0.15) is 25.3 Å². The van der Waals surface area contributed by atoms with Gasteiger partial charge in [-0.05, 0) is 19.0 Å². The molecule has 5 nitrogen and oxygen atoms in total. The summed E-state index contributed by atoms with van der Waals surface area (Å²) in [5.41, 5.74) is 9.58. The van der Waals surface area contributed by atoms with Crippen LogP contribution >= 0.6 is 11.6 Å². The topological polar surface area (TPSA) is 61.2 Å². The zero-order valence-corrected chi connectivity index (χ0v) is 13.5. The second-order valence-corrected chi connectivity index (χ2v) is 6.47. The first kappa shape index (κ1) is 14.5. The third kappa shape index (κ3) is 2.56. The fraction of sp³-hybridized carbons (Fsp3) is 0.533. The van der Waals surface area contributed by atoms with E-state index >= 15 is 0 Å². The summed E-state index contributed by atoms with van der Waals surface area (Å²) in [7, 11) is 2.15. The van der Waals surface area contributed by atoms with E-state index in [2.05, 4.69) is 35.7 Å². The highest BCUT2D eigenvalue weighted by atomic mass is 35.5. The van der Waals surface area contributed by atoms with E-state index in [9.17, 15) is 0 Å². The average molecular weight is 308 g/mol. The Hall–Kier alpha value is -1.46. The van der Waals surface area contributed by atoms with Gasteiger partial charge in [0.1, 0.15) is 0 Å². The predicted molar refractivity (Wildman–Crippen MR) is 89.3 cm³/mol. The van der Waals surface area contributed by atoms with Crippen molar-refractivity contribution in [1.29, 1.82) is 0 Å². The lowest BCUT2D eigenvalue weighted by Gasteiger charge is -2.32. The maximum absolute atomic E-state index is 6.38. The van der Waals surface area contributed by atoms with Crippen molar-refractivity contribution in [1.82, 2.24) is 14.9 Å². The average Bonchev–Trinajstić information content (AvgIpc) is 2.83. The van der Waals surface area contributed by atoms with Gasteiger partial charge >= 0.3 is 0 Å². The Balaban J connectivity index is 2.05. The molecule has 0 bridgehead atoms. The van der Waals surface area contributed by atoms with Crippen molar-refractivity contribution in [3.63, 3.8) is 0 Å². The van der Waals surface area contributed by atoms with Gasteiger partial charge < -0.3 is 20.5 Å². The monoisotopic (exact) mass is 307 g/mol. The molecule has 1 aromatic heterocycles. The Morgan fingerprint density at radius 3 is 2.57 bits per heavy atom. The molecule has 0 unspecified atom stereocenters. The van der Waals surface area contributed by atoms with Crippen LogP contribution in [0.5, 0.6) is 0 Å². The summed E-state index contributed by atoms with van der Waals surface area (Å²) in [4.78, 5) is 12.8. The van der Waals surface area contributed by atoms with Crippen LogP contribution < -0.4 is 10.6 Å². The molecular weight excluding hydrogens is 286 g/mol. The lowest BCUT2D eigenvalue weighted by Crippen LogP contribution is -2.44. The molecule has 1 aromatic carbocycles. The summed E-state index contributed by atoms with van der Waals surface area (Å²) in [5, 5.41) is 0.633. The zero-order chi connectivity index (χ0) is 15.1. The maximum Gasteiger partial charge on any atom is 0.203 e. The number of hydrogen-bond acceptors (Lipinski definition) is 4. The van der Waals surface area contributed by atoms with E-state index in [0.717, 1.165) is 48.7 Å². The van der Waals surface area contributed by atoms with E-state index in [1.54, 1.807) is 0 Å². The second kappa shape index (κ2) is 5.39. The second-order valence-electron chi connectivity index (χ2n) is 6.10. The molecule has 114 valence electrons. The predicted octanol–water partition coefficient (Wildman–Crippen LogP) is 2.67. The highest BCUT2D eigenvalue weighted by Gasteiger charge is 2.21. The smallest absolute Gasteiger partial charge is 0.203 e. The van der Waals surface area contributed by atoms with Gasteiger partial charge in [0.2, 0.25) is 5.95 Å². The number of nitrogens with one attached hydrogen (secondary N) is 1. The van der Waals surface area contributed by atoms with Gasteiger partial charge in [-0.15, -0.1) is 0 Å². The number of nitrogens with two attached hydrogens (primary N) is 1. The first-order valence-electron chi connectivity index (χ1n) is 7.38. The number of aromatic nitrogens is 2. The Labute approximate surface area is 130 Å². The number of piperazine rings is 1. The van der Waals surface area contributed by atoms with Gasteiger partial charge in [0.05, 0.1) is 21.7 Å². The molecule has 21 heavy (non-hydrogen) atoms. The maximum atomic E-state index is 6.38. The van der Waals surface area contributed by atoms with Crippen LogP contribution in [0.25, 0.3) is 11.0 Å². The standard InChI is InChI=1S/C15H22ClN5/c1-9(2)12-13(16)10(17)8-11-14(12)19-15(18-11)21-6-4-20(3)5-7-21/h8-9H,4-7,17H2,1-3H3,(H,18,19). The highest BCUT2D eigenvalue weighted by Crippen LogP contribution is 2.36. The number of hydrogen-bond donors (Lipinski definition) is 2.